The van der Waals surface area contributed by atoms with Gasteiger partial charge in [0.25, 0.3) is 0 Å². The van der Waals surface area contributed by atoms with Crippen molar-refractivity contribution in [3.05, 3.63) is 23.2 Å². The summed E-state index contributed by atoms with van der Waals surface area (Å²) in [5.41, 5.74) is 7.04. The first-order chi connectivity index (χ1) is 8.97. The molecular weight excluding hydrogens is 286 g/mol. The molecule has 8 heteroatoms. The van der Waals surface area contributed by atoms with Crippen LogP contribution >= 0.6 is 11.6 Å². The maximum atomic E-state index is 11.4. The van der Waals surface area contributed by atoms with Crippen molar-refractivity contribution in [2.45, 2.75) is 18.7 Å². The van der Waals surface area contributed by atoms with Gasteiger partial charge in [0.15, 0.2) is 5.82 Å². The van der Waals surface area contributed by atoms with Crippen molar-refractivity contribution < 1.29 is 4.21 Å². The lowest BCUT2D eigenvalue weighted by molar-refractivity contribution is 0.579. The molecule has 0 spiro atoms. The number of hydrogen-bond acceptors (Lipinski definition) is 5. The standard InChI is InChI=1S/C11H14ClN5OS/c1-7(19(2)18)6-17-11(14-15-16-17)8-3-9(12)5-10(13)4-8/h3-5,7H,6,13H2,1-2H3. The highest BCUT2D eigenvalue weighted by Gasteiger charge is 2.14. The second kappa shape index (κ2) is 5.66. The first kappa shape index (κ1) is 14.0. The largest absolute Gasteiger partial charge is 0.399 e. The maximum Gasteiger partial charge on any atom is 0.182 e. The van der Waals surface area contributed by atoms with Gasteiger partial charge in [-0.3, -0.25) is 4.21 Å². The van der Waals surface area contributed by atoms with Crippen LogP contribution in [0.2, 0.25) is 5.02 Å². The summed E-state index contributed by atoms with van der Waals surface area (Å²) in [7, 11) is -0.936. The molecule has 1 aromatic heterocycles. The predicted octanol–water partition coefficient (Wildman–Crippen LogP) is 1.34. The highest BCUT2D eigenvalue weighted by atomic mass is 35.5. The smallest absolute Gasteiger partial charge is 0.182 e. The summed E-state index contributed by atoms with van der Waals surface area (Å²) < 4.78 is 13.0. The fraction of sp³-hybridized carbons (Fsp3) is 0.364. The third-order valence-electron chi connectivity index (χ3n) is 2.71. The van der Waals surface area contributed by atoms with Crippen LogP contribution in [0.25, 0.3) is 11.4 Å². The molecule has 0 radical (unpaired) electrons. The molecule has 2 N–H and O–H groups in total. The highest BCUT2D eigenvalue weighted by molar-refractivity contribution is 7.84. The number of nitrogen functional groups attached to an aromatic ring is 1. The van der Waals surface area contributed by atoms with Crippen LogP contribution in [0.15, 0.2) is 18.2 Å². The quantitative estimate of drug-likeness (QED) is 0.861. The van der Waals surface area contributed by atoms with Crippen LogP contribution in [0.5, 0.6) is 0 Å². The lowest BCUT2D eigenvalue weighted by Gasteiger charge is -2.10. The maximum absolute atomic E-state index is 11.4. The molecule has 19 heavy (non-hydrogen) atoms. The molecule has 0 fully saturated rings. The van der Waals surface area contributed by atoms with E-state index in [1.165, 1.54) is 0 Å². The van der Waals surface area contributed by atoms with Gasteiger partial charge in [-0.15, -0.1) is 5.10 Å². The Labute approximate surface area is 118 Å². The van der Waals surface area contributed by atoms with Gasteiger partial charge >= 0.3 is 0 Å². The van der Waals surface area contributed by atoms with Crippen molar-refractivity contribution in [2.75, 3.05) is 12.0 Å². The molecule has 102 valence electrons. The highest BCUT2D eigenvalue weighted by Crippen LogP contribution is 2.24. The number of hydrogen-bond donors (Lipinski definition) is 1. The second-order valence-corrected chi connectivity index (χ2v) is 6.51. The Morgan fingerprint density at radius 2 is 2.21 bits per heavy atom. The van der Waals surface area contributed by atoms with Crippen molar-refractivity contribution in [2.24, 2.45) is 0 Å². The Morgan fingerprint density at radius 1 is 1.47 bits per heavy atom. The zero-order valence-corrected chi connectivity index (χ0v) is 12.1. The minimum Gasteiger partial charge on any atom is -0.399 e. The summed E-state index contributed by atoms with van der Waals surface area (Å²) in [6, 6.07) is 5.15. The van der Waals surface area contributed by atoms with Crippen LogP contribution in [0.3, 0.4) is 0 Å². The summed E-state index contributed by atoms with van der Waals surface area (Å²) in [6.07, 6.45) is 1.66. The number of anilines is 1. The van der Waals surface area contributed by atoms with Crippen molar-refractivity contribution in [1.29, 1.82) is 0 Å². The Bertz CT molecular complexity index is 595. The number of tetrazole rings is 1. The average Bonchev–Trinajstić information content (AvgIpc) is 2.75. The minimum atomic E-state index is -0.936. The molecule has 0 saturated carbocycles. The van der Waals surface area contributed by atoms with Crippen LogP contribution in [0.4, 0.5) is 5.69 Å². The molecule has 0 aliphatic heterocycles. The van der Waals surface area contributed by atoms with Gasteiger partial charge in [-0.25, -0.2) is 4.68 Å². The predicted molar refractivity (Wildman–Crippen MR) is 76.2 cm³/mol. The summed E-state index contributed by atoms with van der Waals surface area (Å²) in [6.45, 7) is 2.35. The van der Waals surface area contributed by atoms with Crippen molar-refractivity contribution in [3.8, 4) is 11.4 Å². The third-order valence-corrected chi connectivity index (χ3v) is 4.21. The van der Waals surface area contributed by atoms with Gasteiger partial charge < -0.3 is 5.73 Å². The number of nitrogens with two attached hydrogens (primary N) is 1. The van der Waals surface area contributed by atoms with E-state index in [1.807, 2.05) is 6.92 Å². The molecule has 0 bridgehead atoms. The van der Waals surface area contributed by atoms with Gasteiger partial charge in [0.2, 0.25) is 0 Å². The Kier molecular flexibility index (Phi) is 4.16. The van der Waals surface area contributed by atoms with E-state index in [0.29, 0.717) is 23.1 Å². The van der Waals surface area contributed by atoms with E-state index in [4.69, 9.17) is 17.3 Å². The SMILES string of the molecule is CC(Cn1nnnc1-c1cc(N)cc(Cl)c1)S(C)=O. The molecule has 6 nitrogen and oxygen atoms in total. The van der Waals surface area contributed by atoms with Crippen LogP contribution in [0.1, 0.15) is 6.92 Å². The molecule has 0 amide bonds. The zero-order valence-electron chi connectivity index (χ0n) is 10.6. The Hall–Kier alpha value is -1.47. The zero-order chi connectivity index (χ0) is 14.0. The fourth-order valence-electron chi connectivity index (χ4n) is 1.62. The minimum absolute atomic E-state index is 0.0428. The van der Waals surface area contributed by atoms with Gasteiger partial charge in [0.1, 0.15) is 0 Å². The number of nitrogens with zero attached hydrogens (tertiary/aromatic N) is 4. The molecule has 2 rings (SSSR count). The van der Waals surface area contributed by atoms with Crippen molar-refractivity contribution >= 4 is 28.1 Å². The van der Waals surface area contributed by atoms with Crippen LogP contribution < -0.4 is 5.73 Å². The van der Waals surface area contributed by atoms with Crippen LogP contribution in [-0.2, 0) is 17.3 Å². The van der Waals surface area contributed by atoms with E-state index in [9.17, 15) is 4.21 Å². The van der Waals surface area contributed by atoms with E-state index >= 15 is 0 Å². The summed E-state index contributed by atoms with van der Waals surface area (Å²) >= 11 is 5.97. The average molecular weight is 300 g/mol. The van der Waals surface area contributed by atoms with E-state index in [1.54, 1.807) is 29.1 Å². The molecule has 2 atom stereocenters. The monoisotopic (exact) mass is 299 g/mol. The number of rotatable bonds is 4. The summed E-state index contributed by atoms with van der Waals surface area (Å²) in [5, 5.41) is 12.0. The first-order valence-electron chi connectivity index (χ1n) is 5.62. The summed E-state index contributed by atoms with van der Waals surface area (Å²) in [4.78, 5) is 0. The van der Waals surface area contributed by atoms with E-state index < -0.39 is 10.8 Å². The van der Waals surface area contributed by atoms with Crippen LogP contribution in [-0.4, -0.2) is 35.9 Å². The summed E-state index contributed by atoms with van der Waals surface area (Å²) in [5.74, 6) is 0.562. The Balaban J connectivity index is 2.36. The van der Waals surface area contributed by atoms with Crippen molar-refractivity contribution in [1.82, 2.24) is 20.2 Å². The normalized spacial score (nSPS) is 14.3. The molecule has 1 aromatic carbocycles. The van der Waals surface area contributed by atoms with Gasteiger partial charge in [-0.2, -0.15) is 0 Å². The van der Waals surface area contributed by atoms with E-state index in [-0.39, 0.29) is 5.25 Å². The molecule has 2 unspecified atom stereocenters. The molecule has 0 aliphatic rings. The van der Waals surface area contributed by atoms with Gasteiger partial charge in [0.05, 0.1) is 11.8 Å². The second-order valence-electron chi connectivity index (χ2n) is 4.27. The molecule has 2 aromatic rings. The molecule has 1 heterocycles. The third kappa shape index (κ3) is 3.30. The lowest BCUT2D eigenvalue weighted by Crippen LogP contribution is -2.19. The van der Waals surface area contributed by atoms with Gasteiger partial charge in [-0.1, -0.05) is 11.6 Å². The van der Waals surface area contributed by atoms with E-state index in [0.717, 1.165) is 5.56 Å². The first-order valence-corrected chi connectivity index (χ1v) is 7.62. The van der Waals surface area contributed by atoms with Crippen LogP contribution in [0, 0.1) is 0 Å². The van der Waals surface area contributed by atoms with Crippen molar-refractivity contribution in [3.63, 3.8) is 0 Å². The molecular formula is C11H14ClN5OS. The molecule has 0 aliphatic carbocycles. The number of benzene rings is 1. The Morgan fingerprint density at radius 3 is 2.84 bits per heavy atom. The van der Waals surface area contributed by atoms with Gasteiger partial charge in [0, 0.05) is 33.3 Å². The van der Waals surface area contributed by atoms with Gasteiger partial charge in [-0.05, 0) is 35.5 Å². The van der Waals surface area contributed by atoms with E-state index in [2.05, 4.69) is 15.5 Å². The number of halogens is 1. The fourth-order valence-corrected chi connectivity index (χ4v) is 2.22. The molecule has 0 saturated heterocycles. The number of aromatic nitrogens is 4. The lowest BCUT2D eigenvalue weighted by atomic mass is 10.2. The topological polar surface area (TPSA) is 86.7 Å².